The number of fused-ring (bicyclic) bond motifs is 6. The molecule has 0 saturated heterocycles. The number of carbonyl (C=O) groups is 5. The van der Waals surface area contributed by atoms with E-state index >= 15 is 0 Å². The van der Waals surface area contributed by atoms with Crippen molar-refractivity contribution >= 4 is 29.8 Å². The first-order valence-corrected chi connectivity index (χ1v) is 13.0. The number of carboxylic acid groups (broad SMARTS) is 1. The fourth-order valence-electron chi connectivity index (χ4n) is 6.62. The predicted molar refractivity (Wildman–Crippen MR) is 131 cm³/mol. The molecule has 10 heteroatoms. The maximum absolute atomic E-state index is 12.8. The molecule has 4 bridgehead atoms. The number of hydrogen-bond donors (Lipinski definition) is 1. The summed E-state index contributed by atoms with van der Waals surface area (Å²) >= 11 is 0. The Kier molecular flexibility index (Phi) is 7.80. The van der Waals surface area contributed by atoms with Gasteiger partial charge in [-0.25, -0.2) is 4.79 Å². The molecule has 5 atom stereocenters. The molecule has 3 heterocycles. The minimum atomic E-state index is -1.09. The lowest BCUT2D eigenvalue weighted by Gasteiger charge is -2.59. The summed E-state index contributed by atoms with van der Waals surface area (Å²) in [4.78, 5) is 60.9. The molecule has 2 fully saturated rings. The van der Waals surface area contributed by atoms with Gasteiger partial charge in [-0.15, -0.1) is 0 Å². The third kappa shape index (κ3) is 5.39. The Morgan fingerprint density at radius 1 is 1.11 bits per heavy atom. The summed E-state index contributed by atoms with van der Waals surface area (Å²) in [5.74, 6) is -3.64. The number of carboxylic acids is 1. The average Bonchev–Trinajstić information content (AvgIpc) is 3.19. The lowest BCUT2D eigenvalue weighted by Crippen LogP contribution is -2.58. The van der Waals surface area contributed by atoms with Crippen LogP contribution in [0.1, 0.15) is 65.2 Å². The van der Waals surface area contributed by atoms with E-state index in [0.717, 1.165) is 12.0 Å². The molecule has 0 aromatic rings. The second kappa shape index (κ2) is 10.7. The second-order valence-electron chi connectivity index (χ2n) is 11.1. The Balaban J connectivity index is 1.71. The number of carbonyl (C=O) groups excluding carboxylic acids is 4. The van der Waals surface area contributed by atoms with E-state index in [2.05, 4.69) is 13.5 Å². The summed E-state index contributed by atoms with van der Waals surface area (Å²) < 4.78 is 21.9. The van der Waals surface area contributed by atoms with Crippen molar-refractivity contribution in [2.75, 3.05) is 13.2 Å². The van der Waals surface area contributed by atoms with Crippen LogP contribution in [0.5, 0.6) is 0 Å². The van der Waals surface area contributed by atoms with Crippen LogP contribution in [0.2, 0.25) is 0 Å². The third-order valence-electron chi connectivity index (χ3n) is 8.62. The van der Waals surface area contributed by atoms with Crippen molar-refractivity contribution in [3.05, 3.63) is 35.6 Å². The molecular weight excluding hydrogens is 496 g/mol. The molecule has 2 saturated carbocycles. The van der Waals surface area contributed by atoms with Crippen molar-refractivity contribution in [1.82, 2.24) is 0 Å². The van der Waals surface area contributed by atoms with E-state index in [1.54, 1.807) is 6.08 Å². The molecule has 0 radical (unpaired) electrons. The molecule has 206 valence electrons. The number of rotatable bonds is 5. The van der Waals surface area contributed by atoms with Crippen LogP contribution < -0.4 is 0 Å². The fraction of sp³-hybridized carbons (Fsp3) is 0.607. The highest BCUT2D eigenvalue weighted by molar-refractivity contribution is 5.95. The molecule has 1 N–H and O–H groups in total. The largest absolute Gasteiger partial charge is 0.481 e. The Hall–Kier alpha value is -3.43. The van der Waals surface area contributed by atoms with Crippen LogP contribution in [0.3, 0.4) is 0 Å². The van der Waals surface area contributed by atoms with Gasteiger partial charge in [0, 0.05) is 11.3 Å². The van der Waals surface area contributed by atoms with Gasteiger partial charge in [-0.3, -0.25) is 19.2 Å². The highest BCUT2D eigenvalue weighted by Crippen LogP contribution is 2.62. The van der Waals surface area contributed by atoms with Crippen LogP contribution in [0, 0.1) is 22.7 Å². The molecule has 0 aromatic heterocycles. The number of ether oxygens (including phenoxy) is 4. The van der Waals surface area contributed by atoms with Gasteiger partial charge in [-0.05, 0) is 43.1 Å². The van der Waals surface area contributed by atoms with Crippen molar-refractivity contribution < 1.29 is 48.0 Å². The number of hydrogen-bond acceptors (Lipinski definition) is 9. The van der Waals surface area contributed by atoms with Gasteiger partial charge in [0.1, 0.15) is 18.3 Å². The summed E-state index contributed by atoms with van der Waals surface area (Å²) in [6.07, 6.45) is 4.55. The van der Waals surface area contributed by atoms with Crippen LogP contribution in [-0.4, -0.2) is 54.3 Å². The molecule has 5 unspecified atom stereocenters. The van der Waals surface area contributed by atoms with Crippen LogP contribution in [-0.2, 0) is 42.9 Å². The van der Waals surface area contributed by atoms with Crippen LogP contribution >= 0.6 is 0 Å². The van der Waals surface area contributed by atoms with Crippen LogP contribution in [0.25, 0.3) is 0 Å². The topological polar surface area (TPSA) is 142 Å². The molecule has 0 amide bonds. The molecule has 0 aromatic carbocycles. The molecule has 10 nitrogen and oxygen atoms in total. The zero-order valence-corrected chi connectivity index (χ0v) is 21.8. The van der Waals surface area contributed by atoms with Crippen molar-refractivity contribution in [2.24, 2.45) is 22.7 Å². The predicted octanol–water partition coefficient (Wildman–Crippen LogP) is 3.40. The van der Waals surface area contributed by atoms with E-state index in [1.165, 1.54) is 0 Å². The van der Waals surface area contributed by atoms with Gasteiger partial charge in [0.25, 0.3) is 0 Å². The van der Waals surface area contributed by atoms with Crippen molar-refractivity contribution in [3.8, 4) is 0 Å². The van der Waals surface area contributed by atoms with Gasteiger partial charge in [-0.1, -0.05) is 32.1 Å². The van der Waals surface area contributed by atoms with Crippen LogP contribution in [0.15, 0.2) is 35.6 Å². The fourth-order valence-corrected chi connectivity index (χ4v) is 6.62. The summed E-state index contributed by atoms with van der Waals surface area (Å²) in [5, 5.41) is 8.91. The van der Waals surface area contributed by atoms with Gasteiger partial charge in [0.15, 0.2) is 12.4 Å². The van der Waals surface area contributed by atoms with E-state index in [1.807, 2.05) is 13.0 Å². The number of aliphatic carboxylic acids is 1. The molecule has 2 aliphatic carbocycles. The van der Waals surface area contributed by atoms with Crippen molar-refractivity contribution in [3.63, 3.8) is 0 Å². The molecular formula is C28H34O10. The van der Waals surface area contributed by atoms with E-state index in [4.69, 9.17) is 24.1 Å². The van der Waals surface area contributed by atoms with Gasteiger partial charge in [0.2, 0.25) is 0 Å². The van der Waals surface area contributed by atoms with E-state index < -0.39 is 41.4 Å². The monoisotopic (exact) mass is 530 g/mol. The third-order valence-corrected chi connectivity index (χ3v) is 8.62. The average molecular weight is 531 g/mol. The first kappa shape index (κ1) is 27.6. The Bertz CT molecular complexity index is 1120. The summed E-state index contributed by atoms with van der Waals surface area (Å²) in [6.45, 7) is 8.18. The zero-order valence-electron chi connectivity index (χ0n) is 21.8. The molecule has 3 aliphatic heterocycles. The maximum Gasteiger partial charge on any atom is 0.342 e. The highest BCUT2D eigenvalue weighted by atomic mass is 16.6. The Morgan fingerprint density at radius 2 is 1.84 bits per heavy atom. The van der Waals surface area contributed by atoms with E-state index in [-0.39, 0.29) is 67.5 Å². The lowest BCUT2D eigenvalue weighted by molar-refractivity contribution is -0.192. The SMILES string of the molecule is C=C1CCC2C(C)(COC(=O)CCC(=O)O)C3CCC2(C)C1/C=C/C1=C(COC1=O)OC(=O)CCC(=O)O3. The van der Waals surface area contributed by atoms with Gasteiger partial charge in [0.05, 0.1) is 25.7 Å². The van der Waals surface area contributed by atoms with Crippen molar-refractivity contribution in [1.29, 1.82) is 0 Å². The molecule has 38 heavy (non-hydrogen) atoms. The maximum atomic E-state index is 12.8. The number of esters is 4. The van der Waals surface area contributed by atoms with Gasteiger partial charge < -0.3 is 24.1 Å². The normalized spacial score (nSPS) is 34.3. The standard InChI is InChI=1S/C28H34O10/c1-16-4-7-20-27(2)13-12-21(28(20,3)15-36-23(31)9-8-22(29)30)38-25(33)11-10-24(32)37-19-14-35-26(34)17(19)5-6-18(16)27/h5-6,18,20-21H,1,4,7-15H2,2-3H3,(H,29,30)/b6-5+. The summed E-state index contributed by atoms with van der Waals surface area (Å²) in [6, 6.07) is 0. The summed E-state index contributed by atoms with van der Waals surface area (Å²) in [7, 11) is 0. The second-order valence-corrected chi connectivity index (χ2v) is 11.1. The molecule has 5 rings (SSSR count). The Morgan fingerprint density at radius 3 is 2.58 bits per heavy atom. The number of allylic oxidation sites excluding steroid dienone is 2. The first-order chi connectivity index (χ1) is 17.9. The minimum Gasteiger partial charge on any atom is -0.481 e. The molecule has 0 spiro atoms. The lowest BCUT2D eigenvalue weighted by atomic mass is 9.46. The van der Waals surface area contributed by atoms with Crippen LogP contribution in [0.4, 0.5) is 0 Å². The van der Waals surface area contributed by atoms with Crippen molar-refractivity contribution in [2.45, 2.75) is 71.3 Å². The van der Waals surface area contributed by atoms with Gasteiger partial charge >= 0.3 is 29.8 Å². The molecule has 5 aliphatic rings. The first-order valence-electron chi connectivity index (χ1n) is 13.0. The summed E-state index contributed by atoms with van der Waals surface area (Å²) in [5.41, 5.74) is 0.0205. The number of cyclic esters (lactones) is 1. The highest BCUT2D eigenvalue weighted by Gasteiger charge is 2.59. The van der Waals surface area contributed by atoms with E-state index in [9.17, 15) is 24.0 Å². The van der Waals surface area contributed by atoms with E-state index in [0.29, 0.717) is 19.3 Å². The quantitative estimate of drug-likeness (QED) is 0.319. The smallest absolute Gasteiger partial charge is 0.342 e. The van der Waals surface area contributed by atoms with Gasteiger partial charge in [-0.2, -0.15) is 0 Å². The zero-order chi connectivity index (χ0) is 27.7. The Labute approximate surface area is 221 Å². The minimum absolute atomic E-state index is 0.0454.